The van der Waals surface area contributed by atoms with Crippen molar-refractivity contribution in [3.63, 3.8) is 0 Å². The minimum absolute atomic E-state index is 0.0707. The summed E-state index contributed by atoms with van der Waals surface area (Å²) in [5, 5.41) is 20.2. The average molecular weight is 385 g/mol. The Morgan fingerprint density at radius 1 is 1.35 bits per heavy atom. The van der Waals surface area contributed by atoms with Gasteiger partial charge in [-0.1, -0.05) is 12.7 Å². The molecule has 0 spiro atoms. The van der Waals surface area contributed by atoms with Gasteiger partial charge in [-0.15, -0.1) is 11.8 Å². The molecule has 0 aromatic rings. The molecule has 0 aliphatic carbocycles. The highest BCUT2D eigenvalue weighted by Gasteiger charge is 2.36. The van der Waals surface area contributed by atoms with Gasteiger partial charge in [0.05, 0.1) is 19.8 Å². The smallest absolute Gasteiger partial charge is 0.331 e. The Bertz CT molecular complexity index is 598. The fourth-order valence-electron chi connectivity index (χ4n) is 2.08. The molecule has 1 rings (SSSR count). The van der Waals surface area contributed by atoms with Crippen molar-refractivity contribution in [3.05, 3.63) is 35.8 Å². The molecule has 0 saturated heterocycles. The summed E-state index contributed by atoms with van der Waals surface area (Å²) in [4.78, 5) is 15.8. The van der Waals surface area contributed by atoms with Crippen LogP contribution in [0.3, 0.4) is 0 Å². The molecule has 26 heavy (non-hydrogen) atoms. The quantitative estimate of drug-likeness (QED) is 0.320. The maximum absolute atomic E-state index is 11.4. The molecule has 0 aromatic heterocycles. The lowest BCUT2D eigenvalue weighted by Gasteiger charge is -2.26. The first kappa shape index (κ1) is 22.3. The Balaban J connectivity index is 2.69. The van der Waals surface area contributed by atoms with E-state index < -0.39 is 11.5 Å². The monoisotopic (exact) mass is 385 g/mol. The van der Waals surface area contributed by atoms with Gasteiger partial charge in [0.15, 0.2) is 5.54 Å². The second kappa shape index (κ2) is 11.1. The number of thioether (sulfide) groups is 1. The first-order valence-electron chi connectivity index (χ1n) is 8.26. The number of aliphatic imine (C=N–C) groups is 1. The van der Waals surface area contributed by atoms with Crippen molar-refractivity contribution in [2.45, 2.75) is 25.8 Å². The van der Waals surface area contributed by atoms with E-state index in [9.17, 15) is 15.0 Å². The summed E-state index contributed by atoms with van der Waals surface area (Å²) >= 11 is 1.42. The van der Waals surface area contributed by atoms with Gasteiger partial charge in [-0.05, 0) is 20.3 Å². The highest BCUT2D eigenvalue weighted by molar-refractivity contribution is 8.14. The molecule has 8 heteroatoms. The SMILES string of the molecule is C=C(/C=C(O)\C(=C/C)C1=N[C@@](C)(C(=O)O)CCS1)OCCOCCOC. The van der Waals surface area contributed by atoms with Gasteiger partial charge in [0.25, 0.3) is 0 Å². The maximum atomic E-state index is 11.4. The van der Waals surface area contributed by atoms with Gasteiger partial charge in [-0.25, -0.2) is 4.79 Å². The minimum Gasteiger partial charge on any atom is -0.507 e. The van der Waals surface area contributed by atoms with Gasteiger partial charge >= 0.3 is 5.97 Å². The molecular weight excluding hydrogens is 358 g/mol. The van der Waals surface area contributed by atoms with Gasteiger partial charge < -0.3 is 24.4 Å². The third kappa shape index (κ3) is 6.86. The zero-order chi connectivity index (χ0) is 19.6. The molecule has 0 aromatic carbocycles. The standard InChI is InChI=1S/C18H27NO6S/c1-5-14(16-19-18(3,17(21)22)6-11-26-16)15(20)12-13(2)25-10-9-24-8-7-23-4/h5,12,20H,2,6-11H2,1,3-4H3,(H,21,22)/b14-5+,15-12+/t18-/m1/s1. The topological polar surface area (TPSA) is 97.6 Å². The van der Waals surface area contributed by atoms with Crippen molar-refractivity contribution in [2.75, 3.05) is 39.3 Å². The number of hydrogen-bond acceptors (Lipinski definition) is 7. The Morgan fingerprint density at radius 3 is 2.65 bits per heavy atom. The van der Waals surface area contributed by atoms with E-state index >= 15 is 0 Å². The van der Waals surface area contributed by atoms with Gasteiger partial charge in [-0.3, -0.25) is 4.99 Å². The van der Waals surface area contributed by atoms with Crippen LogP contribution in [-0.4, -0.2) is 66.1 Å². The Labute approximate surface area is 158 Å². The van der Waals surface area contributed by atoms with E-state index in [1.54, 1.807) is 27.0 Å². The molecule has 0 bridgehead atoms. The molecule has 0 radical (unpaired) electrons. The van der Waals surface area contributed by atoms with Crippen molar-refractivity contribution in [1.29, 1.82) is 0 Å². The van der Waals surface area contributed by atoms with Crippen LogP contribution in [0.4, 0.5) is 0 Å². The summed E-state index contributed by atoms with van der Waals surface area (Å²) in [5.41, 5.74) is -0.717. The number of carbonyl (C=O) groups is 1. The van der Waals surface area contributed by atoms with Gasteiger partial charge in [-0.2, -0.15) is 0 Å². The molecule has 1 atom stereocenters. The Morgan fingerprint density at radius 2 is 2.04 bits per heavy atom. The first-order valence-corrected chi connectivity index (χ1v) is 9.24. The number of aliphatic hydroxyl groups excluding tert-OH is 1. The highest BCUT2D eigenvalue weighted by Crippen LogP contribution is 2.31. The summed E-state index contributed by atoms with van der Waals surface area (Å²) in [6.07, 6.45) is 3.52. The Kier molecular flexibility index (Phi) is 9.47. The van der Waals surface area contributed by atoms with E-state index in [-0.39, 0.29) is 11.5 Å². The molecule has 0 saturated carbocycles. The van der Waals surface area contributed by atoms with E-state index in [1.807, 2.05) is 0 Å². The number of aliphatic hydroxyl groups is 1. The predicted molar refractivity (Wildman–Crippen MR) is 103 cm³/mol. The third-order valence-corrected chi connectivity index (χ3v) is 4.67. The highest BCUT2D eigenvalue weighted by atomic mass is 32.2. The van der Waals surface area contributed by atoms with Crippen LogP contribution in [0.1, 0.15) is 20.3 Å². The summed E-state index contributed by atoms with van der Waals surface area (Å²) < 4.78 is 15.5. The number of carboxylic acid groups (broad SMARTS) is 1. The maximum Gasteiger partial charge on any atom is 0.331 e. The van der Waals surface area contributed by atoms with Gasteiger partial charge in [0, 0.05) is 24.5 Å². The molecule has 7 nitrogen and oxygen atoms in total. The largest absolute Gasteiger partial charge is 0.507 e. The molecule has 1 aliphatic heterocycles. The number of carboxylic acids is 1. The van der Waals surface area contributed by atoms with Crippen molar-refractivity contribution < 1.29 is 29.2 Å². The van der Waals surface area contributed by atoms with Crippen LogP contribution in [0.15, 0.2) is 40.8 Å². The van der Waals surface area contributed by atoms with E-state index in [1.165, 1.54) is 17.8 Å². The van der Waals surface area contributed by atoms with Gasteiger partial charge in [0.1, 0.15) is 23.2 Å². The number of allylic oxidation sites excluding steroid dienone is 3. The molecule has 146 valence electrons. The summed E-state index contributed by atoms with van der Waals surface area (Å²) in [6, 6.07) is 0. The zero-order valence-electron chi connectivity index (χ0n) is 15.5. The summed E-state index contributed by atoms with van der Waals surface area (Å²) in [5.74, 6) is -0.156. The summed E-state index contributed by atoms with van der Waals surface area (Å²) in [7, 11) is 1.60. The number of aliphatic carboxylic acids is 1. The zero-order valence-corrected chi connectivity index (χ0v) is 16.3. The van der Waals surface area contributed by atoms with Crippen LogP contribution in [-0.2, 0) is 19.0 Å². The molecule has 2 N–H and O–H groups in total. The molecule has 1 aliphatic rings. The average Bonchev–Trinajstić information content (AvgIpc) is 2.58. The number of ether oxygens (including phenoxy) is 3. The van der Waals surface area contributed by atoms with E-state index in [0.717, 1.165) is 0 Å². The molecule has 1 heterocycles. The normalized spacial score (nSPS) is 21.3. The second-order valence-corrected chi connectivity index (χ2v) is 6.83. The number of hydrogen-bond donors (Lipinski definition) is 2. The fourth-order valence-corrected chi connectivity index (χ4v) is 3.42. The molecular formula is C18H27NO6S. The summed E-state index contributed by atoms with van der Waals surface area (Å²) in [6.45, 7) is 8.75. The van der Waals surface area contributed by atoms with Crippen molar-refractivity contribution in [1.82, 2.24) is 0 Å². The van der Waals surface area contributed by atoms with Crippen molar-refractivity contribution >= 4 is 22.8 Å². The minimum atomic E-state index is -1.18. The van der Waals surface area contributed by atoms with Crippen molar-refractivity contribution in [2.24, 2.45) is 4.99 Å². The third-order valence-electron chi connectivity index (χ3n) is 3.68. The predicted octanol–water partition coefficient (Wildman–Crippen LogP) is 2.95. The Hall–Kier alpha value is -1.77. The van der Waals surface area contributed by atoms with Crippen LogP contribution in [0.25, 0.3) is 0 Å². The van der Waals surface area contributed by atoms with Crippen LogP contribution in [0.5, 0.6) is 0 Å². The molecule has 0 fully saturated rings. The fraction of sp³-hybridized carbons (Fsp3) is 0.556. The lowest BCUT2D eigenvalue weighted by Crippen LogP contribution is -2.37. The van der Waals surface area contributed by atoms with Crippen LogP contribution < -0.4 is 0 Å². The van der Waals surface area contributed by atoms with Crippen molar-refractivity contribution in [3.8, 4) is 0 Å². The number of rotatable bonds is 11. The van der Waals surface area contributed by atoms with Crippen LogP contribution >= 0.6 is 11.8 Å². The van der Waals surface area contributed by atoms with Crippen LogP contribution in [0, 0.1) is 0 Å². The van der Waals surface area contributed by atoms with E-state index in [0.29, 0.717) is 49.2 Å². The lowest BCUT2D eigenvalue weighted by atomic mass is 10.00. The first-order chi connectivity index (χ1) is 12.3. The second-order valence-electron chi connectivity index (χ2n) is 5.75. The number of methoxy groups -OCH3 is 1. The molecule has 0 unspecified atom stereocenters. The number of nitrogens with zero attached hydrogens (tertiary/aromatic N) is 1. The molecule has 0 amide bonds. The lowest BCUT2D eigenvalue weighted by molar-refractivity contribution is -0.142. The van der Waals surface area contributed by atoms with Crippen LogP contribution in [0.2, 0.25) is 0 Å². The van der Waals surface area contributed by atoms with E-state index in [2.05, 4.69) is 11.6 Å². The van der Waals surface area contributed by atoms with Gasteiger partial charge in [0.2, 0.25) is 0 Å². The van der Waals surface area contributed by atoms with E-state index in [4.69, 9.17) is 14.2 Å².